The number of amides is 1. The van der Waals surface area contributed by atoms with E-state index < -0.39 is 11.7 Å². The minimum atomic E-state index is -0.531. The molecule has 1 aromatic heterocycles. The highest BCUT2D eigenvalue weighted by molar-refractivity contribution is 7.14. The topological polar surface area (TPSA) is 75.1 Å². The first kappa shape index (κ1) is 12.6. The van der Waals surface area contributed by atoms with E-state index >= 15 is 0 Å². The average molecular weight is 241 g/mol. The summed E-state index contributed by atoms with van der Waals surface area (Å²) in [6.45, 7) is 7.02. The quantitative estimate of drug-likeness (QED) is 0.782. The maximum absolute atomic E-state index is 11.4. The van der Waals surface area contributed by atoms with Crippen LogP contribution in [0.15, 0.2) is 5.38 Å². The Morgan fingerprint density at radius 1 is 1.56 bits per heavy atom. The fraction of sp³-hybridized carbons (Fsp3) is 0.500. The zero-order chi connectivity index (χ0) is 12.3. The molecule has 0 bridgehead atoms. The molecule has 6 heteroatoms. The molecule has 5 nitrogen and oxygen atoms in total. The summed E-state index contributed by atoms with van der Waals surface area (Å²) in [5, 5.41) is 12.1. The Morgan fingerprint density at radius 2 is 2.19 bits per heavy atom. The van der Waals surface area contributed by atoms with E-state index in [4.69, 9.17) is 10.1 Å². The zero-order valence-electron chi connectivity index (χ0n) is 9.75. The van der Waals surface area contributed by atoms with E-state index in [1.807, 2.05) is 0 Å². The fourth-order valence-electron chi connectivity index (χ4n) is 0.894. The van der Waals surface area contributed by atoms with Gasteiger partial charge in [0.15, 0.2) is 5.13 Å². The molecule has 0 atom stereocenters. The lowest BCUT2D eigenvalue weighted by molar-refractivity contribution is 0.0636. The number of aromatic nitrogens is 1. The van der Waals surface area contributed by atoms with Crippen molar-refractivity contribution in [2.45, 2.75) is 33.3 Å². The summed E-state index contributed by atoms with van der Waals surface area (Å²) in [7, 11) is 0. The highest BCUT2D eigenvalue weighted by atomic mass is 32.1. The molecule has 1 heterocycles. The van der Waals surface area contributed by atoms with E-state index in [-0.39, 0.29) is 0 Å². The van der Waals surface area contributed by atoms with Gasteiger partial charge in [0.2, 0.25) is 0 Å². The molecule has 0 saturated carbocycles. The molecule has 16 heavy (non-hydrogen) atoms. The summed E-state index contributed by atoms with van der Waals surface area (Å²) >= 11 is 1.27. The second-order valence-electron chi connectivity index (χ2n) is 4.29. The lowest BCUT2D eigenvalue weighted by atomic mass is 10.2. The predicted molar refractivity (Wildman–Crippen MR) is 64.5 cm³/mol. The van der Waals surface area contributed by atoms with Gasteiger partial charge in [0.1, 0.15) is 5.60 Å². The van der Waals surface area contributed by atoms with E-state index in [0.29, 0.717) is 16.5 Å². The zero-order valence-corrected chi connectivity index (χ0v) is 10.6. The number of ether oxygens (including phenoxy) is 1. The summed E-state index contributed by atoms with van der Waals surface area (Å²) < 4.78 is 5.07. The summed E-state index contributed by atoms with van der Waals surface area (Å²) in [5.41, 5.74) is 0.409. The molecule has 0 fully saturated rings. The molecule has 0 radical (unpaired) electrons. The number of hydrogen-bond donors (Lipinski definition) is 2. The van der Waals surface area contributed by atoms with Crippen molar-refractivity contribution in [1.29, 1.82) is 5.41 Å². The first-order valence-corrected chi connectivity index (χ1v) is 5.67. The van der Waals surface area contributed by atoms with E-state index in [1.54, 1.807) is 33.1 Å². The van der Waals surface area contributed by atoms with Crippen LogP contribution in [0.4, 0.5) is 9.93 Å². The molecular formula is C10H15N3O2S. The lowest BCUT2D eigenvalue weighted by Gasteiger charge is -2.18. The maximum atomic E-state index is 11.4. The van der Waals surface area contributed by atoms with Crippen molar-refractivity contribution in [2.24, 2.45) is 0 Å². The van der Waals surface area contributed by atoms with Gasteiger partial charge in [-0.15, -0.1) is 11.3 Å². The highest BCUT2D eigenvalue weighted by Crippen LogP contribution is 2.17. The monoisotopic (exact) mass is 241 g/mol. The largest absolute Gasteiger partial charge is 0.444 e. The van der Waals surface area contributed by atoms with Crippen LogP contribution in [0.5, 0.6) is 0 Å². The van der Waals surface area contributed by atoms with Crippen molar-refractivity contribution >= 4 is 28.3 Å². The Hall–Kier alpha value is -1.43. The van der Waals surface area contributed by atoms with E-state index in [9.17, 15) is 4.79 Å². The fourth-order valence-corrected chi connectivity index (χ4v) is 1.64. The van der Waals surface area contributed by atoms with Gasteiger partial charge in [-0.05, 0) is 27.7 Å². The van der Waals surface area contributed by atoms with Gasteiger partial charge >= 0.3 is 6.09 Å². The lowest BCUT2D eigenvalue weighted by Crippen LogP contribution is -2.27. The van der Waals surface area contributed by atoms with Crippen LogP contribution in [0, 0.1) is 5.41 Å². The van der Waals surface area contributed by atoms with Crippen molar-refractivity contribution in [3.63, 3.8) is 0 Å². The molecule has 1 rings (SSSR count). The Labute approximate surface area is 98.4 Å². The molecule has 2 N–H and O–H groups in total. The van der Waals surface area contributed by atoms with Gasteiger partial charge in [-0.1, -0.05) is 0 Å². The minimum absolute atomic E-state index is 0.369. The van der Waals surface area contributed by atoms with Crippen LogP contribution >= 0.6 is 11.3 Å². The number of nitrogens with one attached hydrogen (secondary N) is 2. The van der Waals surface area contributed by atoms with Crippen LogP contribution in [0.2, 0.25) is 0 Å². The van der Waals surface area contributed by atoms with Crippen molar-refractivity contribution in [3.8, 4) is 0 Å². The summed E-state index contributed by atoms with van der Waals surface area (Å²) in [6.07, 6.45) is -0.531. The molecule has 0 unspecified atom stereocenters. The average Bonchev–Trinajstić information content (AvgIpc) is 2.48. The normalized spacial score (nSPS) is 11.0. The standard InChI is InChI=1S/C10H15N3O2S/c1-6(11)7-5-16-8(12-7)13-9(14)15-10(2,3)4/h5,11H,1-4H3,(H,12,13,14). The molecule has 0 spiro atoms. The number of rotatable bonds is 2. The summed E-state index contributed by atoms with van der Waals surface area (Å²) in [5.74, 6) is 0. The van der Waals surface area contributed by atoms with Gasteiger partial charge in [0.05, 0.1) is 11.4 Å². The maximum Gasteiger partial charge on any atom is 0.413 e. The van der Waals surface area contributed by atoms with E-state index in [1.165, 1.54) is 11.3 Å². The van der Waals surface area contributed by atoms with Gasteiger partial charge < -0.3 is 10.1 Å². The third-order valence-electron chi connectivity index (χ3n) is 1.50. The van der Waals surface area contributed by atoms with Crippen LogP contribution in [-0.2, 0) is 4.74 Å². The van der Waals surface area contributed by atoms with Crippen molar-refractivity contribution in [3.05, 3.63) is 11.1 Å². The van der Waals surface area contributed by atoms with Crippen LogP contribution in [-0.4, -0.2) is 22.4 Å². The minimum Gasteiger partial charge on any atom is -0.444 e. The van der Waals surface area contributed by atoms with Crippen LogP contribution in [0.1, 0.15) is 33.4 Å². The second kappa shape index (κ2) is 4.61. The first-order chi connectivity index (χ1) is 7.28. The number of anilines is 1. The smallest absolute Gasteiger partial charge is 0.413 e. The summed E-state index contributed by atoms with van der Waals surface area (Å²) in [4.78, 5) is 15.4. The van der Waals surface area contributed by atoms with Gasteiger partial charge in [-0.3, -0.25) is 5.32 Å². The Balaban J connectivity index is 2.60. The molecule has 0 aliphatic carbocycles. The molecular weight excluding hydrogens is 226 g/mol. The van der Waals surface area contributed by atoms with Gasteiger partial charge in [0.25, 0.3) is 0 Å². The van der Waals surface area contributed by atoms with E-state index in [2.05, 4.69) is 10.3 Å². The highest BCUT2D eigenvalue weighted by Gasteiger charge is 2.17. The van der Waals surface area contributed by atoms with Crippen molar-refractivity contribution < 1.29 is 9.53 Å². The third kappa shape index (κ3) is 3.98. The van der Waals surface area contributed by atoms with Gasteiger partial charge in [0, 0.05) is 5.38 Å². The van der Waals surface area contributed by atoms with Crippen LogP contribution in [0.3, 0.4) is 0 Å². The van der Waals surface area contributed by atoms with Crippen molar-refractivity contribution in [2.75, 3.05) is 5.32 Å². The van der Waals surface area contributed by atoms with Crippen LogP contribution in [0.25, 0.3) is 0 Å². The van der Waals surface area contributed by atoms with Gasteiger partial charge in [-0.2, -0.15) is 0 Å². The third-order valence-corrected chi connectivity index (χ3v) is 2.25. The Bertz CT molecular complexity index is 406. The molecule has 88 valence electrons. The Morgan fingerprint density at radius 3 is 2.62 bits per heavy atom. The molecule has 0 aliphatic heterocycles. The number of thiazole rings is 1. The Kier molecular flexibility index (Phi) is 3.64. The summed E-state index contributed by atoms with van der Waals surface area (Å²) in [6, 6.07) is 0. The SMILES string of the molecule is CC(=N)c1csc(NC(=O)OC(C)(C)C)n1. The van der Waals surface area contributed by atoms with E-state index in [0.717, 1.165) is 0 Å². The second-order valence-corrected chi connectivity index (χ2v) is 5.15. The number of carbonyl (C=O) groups is 1. The predicted octanol–water partition coefficient (Wildman–Crippen LogP) is 2.88. The number of hydrogen-bond acceptors (Lipinski definition) is 5. The number of nitrogens with zero attached hydrogens (tertiary/aromatic N) is 1. The molecule has 0 aromatic carbocycles. The molecule has 0 saturated heterocycles. The van der Waals surface area contributed by atoms with Crippen molar-refractivity contribution in [1.82, 2.24) is 4.98 Å². The molecule has 1 aromatic rings. The first-order valence-electron chi connectivity index (χ1n) is 4.79. The molecule has 1 amide bonds. The molecule has 0 aliphatic rings. The van der Waals surface area contributed by atoms with Crippen LogP contribution < -0.4 is 5.32 Å². The van der Waals surface area contributed by atoms with Gasteiger partial charge in [-0.25, -0.2) is 9.78 Å². The number of carbonyl (C=O) groups excluding carboxylic acids is 1.